The number of nitrogens with one attached hydrogen (secondary N) is 1. The van der Waals surface area contributed by atoms with Crippen molar-refractivity contribution in [2.24, 2.45) is 5.73 Å². The highest BCUT2D eigenvalue weighted by Crippen LogP contribution is 2.36. The Bertz CT molecular complexity index is 1180. The van der Waals surface area contributed by atoms with Crippen LogP contribution in [-0.4, -0.2) is 30.7 Å². The molecule has 0 aromatic heterocycles. The summed E-state index contributed by atoms with van der Waals surface area (Å²) in [6.07, 6.45) is 0. The van der Waals surface area contributed by atoms with Crippen LogP contribution in [-0.2, 0) is 11.3 Å². The molecular weight excluding hydrogens is 470 g/mol. The summed E-state index contributed by atoms with van der Waals surface area (Å²) in [5.41, 5.74) is 9.20. The molecule has 1 aliphatic rings. The van der Waals surface area contributed by atoms with E-state index in [1.165, 1.54) is 11.8 Å². The Morgan fingerprint density at radius 1 is 1.18 bits per heavy atom. The van der Waals surface area contributed by atoms with Crippen molar-refractivity contribution < 1.29 is 14.3 Å². The molecule has 0 fully saturated rings. The van der Waals surface area contributed by atoms with E-state index in [9.17, 15) is 9.59 Å². The van der Waals surface area contributed by atoms with Crippen LogP contribution in [0.2, 0.25) is 5.02 Å². The van der Waals surface area contributed by atoms with Crippen LogP contribution in [0.1, 0.15) is 34.5 Å². The minimum atomic E-state index is -0.628. The Morgan fingerprint density at radius 2 is 1.88 bits per heavy atom. The van der Waals surface area contributed by atoms with Gasteiger partial charge in [0.05, 0.1) is 31.4 Å². The SMILES string of the molecule is COc1ccc([C@@H](C)NC(=O)c2ccc3c(c2)N(Cc2ccc(Cl)cc2)C(=O)[C@@H](N)CS3)cc1. The molecule has 0 saturated heterocycles. The fraction of sp³-hybridized carbons (Fsp3) is 0.231. The molecule has 0 aliphatic carbocycles. The Labute approximate surface area is 208 Å². The Morgan fingerprint density at radius 3 is 2.56 bits per heavy atom. The Kier molecular flexibility index (Phi) is 7.46. The minimum absolute atomic E-state index is 0.176. The number of halogens is 1. The number of thioether (sulfide) groups is 1. The average Bonchev–Trinajstić information content (AvgIpc) is 2.97. The Hall–Kier alpha value is -3.00. The van der Waals surface area contributed by atoms with Crippen LogP contribution in [0, 0.1) is 0 Å². The van der Waals surface area contributed by atoms with Gasteiger partial charge in [0.1, 0.15) is 5.75 Å². The third-order valence-electron chi connectivity index (χ3n) is 5.73. The van der Waals surface area contributed by atoms with E-state index in [1.807, 2.05) is 49.4 Å². The van der Waals surface area contributed by atoms with Crippen molar-refractivity contribution in [1.29, 1.82) is 0 Å². The number of fused-ring (bicyclic) bond motifs is 1. The maximum Gasteiger partial charge on any atom is 0.251 e. The maximum atomic E-state index is 13.1. The molecule has 8 heteroatoms. The third kappa shape index (κ3) is 5.38. The molecule has 0 spiro atoms. The molecule has 6 nitrogen and oxygen atoms in total. The molecule has 1 aliphatic heterocycles. The van der Waals surface area contributed by atoms with E-state index >= 15 is 0 Å². The molecule has 0 bridgehead atoms. The lowest BCUT2D eigenvalue weighted by Gasteiger charge is -2.25. The van der Waals surface area contributed by atoms with E-state index in [0.717, 1.165) is 21.8 Å². The first-order valence-electron chi connectivity index (χ1n) is 10.9. The normalized spacial score (nSPS) is 16.4. The number of benzene rings is 3. The van der Waals surface area contributed by atoms with Gasteiger partial charge in [-0.15, -0.1) is 11.8 Å². The van der Waals surface area contributed by atoms with Crippen LogP contribution in [0.25, 0.3) is 0 Å². The van der Waals surface area contributed by atoms with E-state index in [4.69, 9.17) is 22.1 Å². The standard InChI is InChI=1S/C26H26ClN3O3S/c1-16(18-5-10-21(33-2)11-6-18)29-25(31)19-7-12-24-23(13-19)30(26(32)22(28)15-34-24)14-17-3-8-20(27)9-4-17/h3-13,16,22H,14-15,28H2,1-2H3,(H,29,31)/t16-,22+/m1/s1. The first-order valence-corrected chi connectivity index (χ1v) is 12.2. The van der Waals surface area contributed by atoms with Gasteiger partial charge in [0, 0.05) is 21.2 Å². The predicted molar refractivity (Wildman–Crippen MR) is 137 cm³/mol. The van der Waals surface area contributed by atoms with E-state index < -0.39 is 6.04 Å². The van der Waals surface area contributed by atoms with Crippen LogP contribution in [0.5, 0.6) is 5.75 Å². The first-order chi connectivity index (χ1) is 16.4. The van der Waals surface area contributed by atoms with Gasteiger partial charge < -0.3 is 20.7 Å². The largest absolute Gasteiger partial charge is 0.497 e. The minimum Gasteiger partial charge on any atom is -0.497 e. The van der Waals surface area contributed by atoms with Crippen molar-refractivity contribution in [3.8, 4) is 5.75 Å². The zero-order chi connectivity index (χ0) is 24.2. The molecule has 0 saturated carbocycles. The smallest absolute Gasteiger partial charge is 0.251 e. The average molecular weight is 496 g/mol. The quantitative estimate of drug-likeness (QED) is 0.513. The van der Waals surface area contributed by atoms with E-state index in [1.54, 1.807) is 36.3 Å². The van der Waals surface area contributed by atoms with Gasteiger partial charge in [-0.2, -0.15) is 0 Å². The van der Waals surface area contributed by atoms with Crippen molar-refractivity contribution in [2.75, 3.05) is 17.8 Å². The monoisotopic (exact) mass is 495 g/mol. The second-order valence-electron chi connectivity index (χ2n) is 8.12. The number of anilines is 1. The summed E-state index contributed by atoms with van der Waals surface area (Å²) in [6.45, 7) is 2.26. The molecule has 0 radical (unpaired) electrons. The number of hydrogen-bond acceptors (Lipinski definition) is 5. The van der Waals surface area contributed by atoms with Gasteiger partial charge in [0.15, 0.2) is 0 Å². The van der Waals surface area contributed by atoms with Crippen LogP contribution in [0.15, 0.2) is 71.6 Å². The van der Waals surface area contributed by atoms with Crippen LogP contribution < -0.4 is 20.7 Å². The molecule has 176 valence electrons. The van der Waals surface area contributed by atoms with Gasteiger partial charge in [0.25, 0.3) is 5.91 Å². The van der Waals surface area contributed by atoms with E-state index in [-0.39, 0.29) is 17.9 Å². The second-order valence-corrected chi connectivity index (χ2v) is 9.62. The van der Waals surface area contributed by atoms with Crippen molar-refractivity contribution in [3.63, 3.8) is 0 Å². The molecular formula is C26H26ClN3O3S. The zero-order valence-electron chi connectivity index (χ0n) is 19.0. The summed E-state index contributed by atoms with van der Waals surface area (Å²) in [5.74, 6) is 0.839. The Balaban J connectivity index is 1.59. The number of carbonyl (C=O) groups is 2. The summed E-state index contributed by atoms with van der Waals surface area (Å²) in [6, 6.07) is 19.5. The number of hydrogen-bond donors (Lipinski definition) is 2. The number of amides is 2. The van der Waals surface area contributed by atoms with Crippen molar-refractivity contribution in [3.05, 3.63) is 88.4 Å². The van der Waals surface area contributed by atoms with Gasteiger partial charge in [0.2, 0.25) is 5.91 Å². The van der Waals surface area contributed by atoms with Gasteiger partial charge >= 0.3 is 0 Å². The van der Waals surface area contributed by atoms with Crippen molar-refractivity contribution in [2.45, 2.75) is 30.4 Å². The van der Waals surface area contributed by atoms with Crippen LogP contribution in [0.3, 0.4) is 0 Å². The van der Waals surface area contributed by atoms with E-state index in [2.05, 4.69) is 5.32 Å². The number of rotatable bonds is 6. The molecule has 2 amide bonds. The van der Waals surface area contributed by atoms with Gasteiger partial charge in [-0.05, 0) is 60.5 Å². The van der Waals surface area contributed by atoms with Crippen molar-refractivity contribution >= 4 is 40.9 Å². The number of nitrogens with zero attached hydrogens (tertiary/aromatic N) is 1. The van der Waals surface area contributed by atoms with E-state index in [0.29, 0.717) is 28.6 Å². The maximum absolute atomic E-state index is 13.1. The summed E-state index contributed by atoms with van der Waals surface area (Å²) >= 11 is 7.54. The fourth-order valence-electron chi connectivity index (χ4n) is 3.75. The molecule has 1 heterocycles. The highest BCUT2D eigenvalue weighted by atomic mass is 35.5. The summed E-state index contributed by atoms with van der Waals surface area (Å²) in [4.78, 5) is 28.8. The number of carbonyl (C=O) groups excluding carboxylic acids is 2. The van der Waals surface area contributed by atoms with Crippen LogP contribution >= 0.6 is 23.4 Å². The zero-order valence-corrected chi connectivity index (χ0v) is 20.5. The van der Waals surface area contributed by atoms with Gasteiger partial charge in [-0.3, -0.25) is 9.59 Å². The summed E-state index contributed by atoms with van der Waals surface area (Å²) < 4.78 is 5.20. The van der Waals surface area contributed by atoms with Gasteiger partial charge in [-0.25, -0.2) is 0 Å². The molecule has 4 rings (SSSR count). The number of ether oxygens (including phenoxy) is 1. The molecule has 34 heavy (non-hydrogen) atoms. The molecule has 3 aromatic carbocycles. The summed E-state index contributed by atoms with van der Waals surface area (Å²) in [7, 11) is 1.62. The molecule has 3 aromatic rings. The summed E-state index contributed by atoms with van der Waals surface area (Å²) in [5, 5.41) is 3.66. The fourth-order valence-corrected chi connectivity index (χ4v) is 4.86. The lowest BCUT2D eigenvalue weighted by atomic mass is 10.1. The van der Waals surface area contributed by atoms with Gasteiger partial charge in [-0.1, -0.05) is 35.9 Å². The lowest BCUT2D eigenvalue weighted by Crippen LogP contribution is -2.44. The highest BCUT2D eigenvalue weighted by molar-refractivity contribution is 7.99. The highest BCUT2D eigenvalue weighted by Gasteiger charge is 2.29. The van der Waals surface area contributed by atoms with Crippen LogP contribution in [0.4, 0.5) is 5.69 Å². The lowest BCUT2D eigenvalue weighted by molar-refractivity contribution is -0.119. The van der Waals surface area contributed by atoms with Crippen molar-refractivity contribution in [1.82, 2.24) is 5.32 Å². The number of methoxy groups -OCH3 is 1. The predicted octanol–water partition coefficient (Wildman–Crippen LogP) is 4.81. The molecule has 0 unspecified atom stereocenters. The third-order valence-corrected chi connectivity index (χ3v) is 7.16. The second kappa shape index (κ2) is 10.5. The first kappa shape index (κ1) is 24.1. The topological polar surface area (TPSA) is 84.7 Å². The molecule has 3 N–H and O–H groups in total. The number of nitrogens with two attached hydrogens (primary N) is 1. The molecule has 2 atom stereocenters.